The number of fused-ring (bicyclic) bond motifs is 1. The normalized spacial score (nSPS) is 27.4. The number of likely N-dealkylation sites (tertiary alicyclic amines) is 1. The summed E-state index contributed by atoms with van der Waals surface area (Å²) in [6.45, 7) is 1.39. The van der Waals surface area contributed by atoms with E-state index in [1.165, 1.54) is 0 Å². The number of nitrogens with zero attached hydrogens (tertiary/aromatic N) is 1. The molecule has 1 aliphatic carbocycles. The predicted molar refractivity (Wildman–Crippen MR) is 75.5 cm³/mol. The summed E-state index contributed by atoms with van der Waals surface area (Å²) in [5.74, 6) is -0.633. The van der Waals surface area contributed by atoms with E-state index in [1.54, 1.807) is 4.90 Å². The maximum atomic E-state index is 12.1. The molecule has 2 aliphatic rings. The van der Waals surface area contributed by atoms with Gasteiger partial charge < -0.3 is 14.7 Å². The zero-order valence-corrected chi connectivity index (χ0v) is 11.8. The van der Waals surface area contributed by atoms with Crippen molar-refractivity contribution in [2.45, 2.75) is 19.4 Å². The Balaban J connectivity index is 1.54. The number of carboxylic acids is 1. The maximum Gasteiger partial charge on any atom is 0.410 e. The van der Waals surface area contributed by atoms with Crippen LogP contribution in [0.2, 0.25) is 0 Å². The molecule has 3 unspecified atom stereocenters. The standard InChI is InChI=1S/C16H19NO4/c18-15(19)13-7-6-12-8-17(9-14(12)13)16(20)21-10-11-4-2-1-3-5-11/h1-5,12-14H,6-10H2,(H,18,19). The molecule has 1 N–H and O–H groups in total. The van der Waals surface area contributed by atoms with Gasteiger partial charge >= 0.3 is 12.1 Å². The van der Waals surface area contributed by atoms with E-state index in [0.29, 0.717) is 19.0 Å². The molecular formula is C16H19NO4. The molecule has 112 valence electrons. The molecule has 1 aromatic carbocycles. The summed E-state index contributed by atoms with van der Waals surface area (Å²) in [6, 6.07) is 9.54. The Bertz CT molecular complexity index is 530. The monoisotopic (exact) mass is 289 g/mol. The van der Waals surface area contributed by atoms with E-state index in [1.807, 2.05) is 30.3 Å². The van der Waals surface area contributed by atoms with Crippen LogP contribution >= 0.6 is 0 Å². The van der Waals surface area contributed by atoms with Crippen LogP contribution in [0.3, 0.4) is 0 Å². The van der Waals surface area contributed by atoms with Gasteiger partial charge in [0.2, 0.25) is 0 Å². The minimum Gasteiger partial charge on any atom is -0.481 e. The Morgan fingerprint density at radius 2 is 1.95 bits per heavy atom. The highest BCUT2D eigenvalue weighted by atomic mass is 16.6. The molecule has 2 fully saturated rings. The number of rotatable bonds is 3. The predicted octanol–water partition coefficient (Wildman–Crippen LogP) is 2.37. The van der Waals surface area contributed by atoms with Gasteiger partial charge in [-0.3, -0.25) is 4.79 Å². The van der Waals surface area contributed by atoms with Gasteiger partial charge in [0.05, 0.1) is 5.92 Å². The summed E-state index contributed by atoms with van der Waals surface area (Å²) < 4.78 is 5.31. The molecule has 1 amide bonds. The molecule has 0 radical (unpaired) electrons. The lowest BCUT2D eigenvalue weighted by molar-refractivity contribution is -0.143. The summed E-state index contributed by atoms with van der Waals surface area (Å²) in [6.07, 6.45) is 1.29. The van der Waals surface area contributed by atoms with Gasteiger partial charge in [0.25, 0.3) is 0 Å². The van der Waals surface area contributed by atoms with Crippen molar-refractivity contribution in [1.82, 2.24) is 4.90 Å². The largest absolute Gasteiger partial charge is 0.481 e. The molecule has 1 saturated carbocycles. The van der Waals surface area contributed by atoms with Crippen LogP contribution in [0.4, 0.5) is 4.79 Å². The first-order valence-electron chi connectivity index (χ1n) is 7.33. The second-order valence-corrected chi connectivity index (χ2v) is 5.89. The molecule has 3 rings (SSSR count). The topological polar surface area (TPSA) is 66.8 Å². The van der Waals surface area contributed by atoms with Gasteiger partial charge in [-0.1, -0.05) is 30.3 Å². The lowest BCUT2D eigenvalue weighted by Crippen LogP contribution is -2.31. The van der Waals surface area contributed by atoms with Gasteiger partial charge in [-0.2, -0.15) is 0 Å². The van der Waals surface area contributed by atoms with Crippen LogP contribution < -0.4 is 0 Å². The fraction of sp³-hybridized carbons (Fsp3) is 0.500. The van der Waals surface area contributed by atoms with Gasteiger partial charge in [0, 0.05) is 13.1 Å². The van der Waals surface area contributed by atoms with Crippen LogP contribution in [-0.4, -0.2) is 35.2 Å². The minimum absolute atomic E-state index is 0.0896. The second-order valence-electron chi connectivity index (χ2n) is 5.89. The van der Waals surface area contributed by atoms with Crippen LogP contribution in [-0.2, 0) is 16.1 Å². The van der Waals surface area contributed by atoms with Crippen molar-refractivity contribution in [1.29, 1.82) is 0 Å². The Labute approximate surface area is 123 Å². The highest BCUT2D eigenvalue weighted by molar-refractivity contribution is 5.72. The molecular weight excluding hydrogens is 270 g/mol. The van der Waals surface area contributed by atoms with Gasteiger partial charge in [-0.15, -0.1) is 0 Å². The molecule has 0 aromatic heterocycles. The molecule has 0 bridgehead atoms. The number of hydrogen-bond donors (Lipinski definition) is 1. The number of carbonyl (C=O) groups excluding carboxylic acids is 1. The van der Waals surface area contributed by atoms with E-state index in [-0.39, 0.29) is 24.5 Å². The van der Waals surface area contributed by atoms with Crippen molar-refractivity contribution < 1.29 is 19.4 Å². The van der Waals surface area contributed by atoms with E-state index in [4.69, 9.17) is 4.74 Å². The second kappa shape index (κ2) is 5.76. The number of aliphatic carboxylic acids is 1. The fourth-order valence-corrected chi connectivity index (χ4v) is 3.53. The fourth-order valence-electron chi connectivity index (χ4n) is 3.53. The molecule has 1 aromatic rings. The van der Waals surface area contributed by atoms with Gasteiger partial charge in [0.1, 0.15) is 6.61 Å². The van der Waals surface area contributed by atoms with E-state index < -0.39 is 5.97 Å². The lowest BCUT2D eigenvalue weighted by atomic mass is 9.93. The van der Waals surface area contributed by atoms with Gasteiger partial charge in [-0.25, -0.2) is 4.79 Å². The summed E-state index contributed by atoms with van der Waals surface area (Å²) in [4.78, 5) is 24.9. The number of carbonyl (C=O) groups is 2. The minimum atomic E-state index is -0.734. The third kappa shape index (κ3) is 2.86. The van der Waals surface area contributed by atoms with Crippen LogP contribution in [0.1, 0.15) is 18.4 Å². The van der Waals surface area contributed by atoms with E-state index in [9.17, 15) is 14.7 Å². The third-order valence-electron chi connectivity index (χ3n) is 4.64. The Hall–Kier alpha value is -2.04. The number of hydrogen-bond acceptors (Lipinski definition) is 3. The van der Waals surface area contributed by atoms with Crippen LogP contribution in [0, 0.1) is 17.8 Å². The quantitative estimate of drug-likeness (QED) is 0.927. The summed E-state index contributed by atoms with van der Waals surface area (Å²) in [7, 11) is 0. The number of benzene rings is 1. The molecule has 1 heterocycles. The first kappa shape index (κ1) is 13.9. The van der Waals surface area contributed by atoms with Gasteiger partial charge in [-0.05, 0) is 30.2 Å². The Morgan fingerprint density at radius 1 is 1.19 bits per heavy atom. The first-order chi connectivity index (χ1) is 10.1. The highest BCUT2D eigenvalue weighted by Gasteiger charge is 2.47. The molecule has 1 aliphatic heterocycles. The number of carboxylic acid groups (broad SMARTS) is 1. The molecule has 5 heteroatoms. The van der Waals surface area contributed by atoms with E-state index in [0.717, 1.165) is 18.4 Å². The number of ether oxygens (including phenoxy) is 1. The smallest absolute Gasteiger partial charge is 0.410 e. The van der Waals surface area contributed by atoms with Crippen molar-refractivity contribution in [2.75, 3.05) is 13.1 Å². The van der Waals surface area contributed by atoms with Crippen molar-refractivity contribution >= 4 is 12.1 Å². The summed E-state index contributed by atoms with van der Waals surface area (Å²) in [5, 5.41) is 9.20. The zero-order valence-electron chi connectivity index (χ0n) is 11.8. The Morgan fingerprint density at radius 3 is 2.67 bits per heavy atom. The first-order valence-corrected chi connectivity index (χ1v) is 7.33. The van der Waals surface area contributed by atoms with Crippen molar-refractivity contribution in [2.24, 2.45) is 17.8 Å². The average Bonchev–Trinajstić information content (AvgIpc) is 3.05. The molecule has 0 spiro atoms. The third-order valence-corrected chi connectivity index (χ3v) is 4.64. The lowest BCUT2D eigenvalue weighted by Gasteiger charge is -2.18. The SMILES string of the molecule is O=C(O)C1CCC2CN(C(=O)OCc3ccccc3)CC21. The molecule has 1 saturated heterocycles. The van der Waals surface area contributed by atoms with Crippen LogP contribution in [0.25, 0.3) is 0 Å². The van der Waals surface area contributed by atoms with E-state index >= 15 is 0 Å². The van der Waals surface area contributed by atoms with Crippen molar-refractivity contribution in [3.8, 4) is 0 Å². The van der Waals surface area contributed by atoms with Crippen LogP contribution in [0.5, 0.6) is 0 Å². The zero-order chi connectivity index (χ0) is 14.8. The molecule has 21 heavy (non-hydrogen) atoms. The van der Waals surface area contributed by atoms with E-state index in [2.05, 4.69) is 0 Å². The van der Waals surface area contributed by atoms with Crippen molar-refractivity contribution in [3.05, 3.63) is 35.9 Å². The Kier molecular flexibility index (Phi) is 3.82. The average molecular weight is 289 g/mol. The van der Waals surface area contributed by atoms with Gasteiger partial charge in [0.15, 0.2) is 0 Å². The van der Waals surface area contributed by atoms with Crippen molar-refractivity contribution in [3.63, 3.8) is 0 Å². The molecule has 5 nitrogen and oxygen atoms in total. The molecule has 3 atom stereocenters. The van der Waals surface area contributed by atoms with Crippen LogP contribution in [0.15, 0.2) is 30.3 Å². The maximum absolute atomic E-state index is 12.1. The highest BCUT2D eigenvalue weighted by Crippen LogP contribution is 2.42. The summed E-state index contributed by atoms with van der Waals surface area (Å²) in [5.41, 5.74) is 0.952. The number of amides is 1. The summed E-state index contributed by atoms with van der Waals surface area (Å²) >= 11 is 0.